The molecule has 9 nitrogen and oxygen atoms in total. The summed E-state index contributed by atoms with van der Waals surface area (Å²) >= 11 is 0. The van der Waals surface area contributed by atoms with Crippen molar-refractivity contribution in [1.82, 2.24) is 24.9 Å². The number of amides is 1. The summed E-state index contributed by atoms with van der Waals surface area (Å²) in [6, 6.07) is 12.9. The van der Waals surface area contributed by atoms with Crippen LogP contribution in [0.1, 0.15) is 31.9 Å². The van der Waals surface area contributed by atoms with Gasteiger partial charge in [-0.25, -0.2) is 17.8 Å². The summed E-state index contributed by atoms with van der Waals surface area (Å²) in [5.74, 6) is -0.0797. The molecule has 0 spiro atoms. The lowest BCUT2D eigenvalue weighted by Crippen LogP contribution is -2.27. The fraction of sp³-hybridized carbons (Fsp3) is 0.222. The van der Waals surface area contributed by atoms with Crippen molar-refractivity contribution in [1.29, 1.82) is 0 Å². The van der Waals surface area contributed by atoms with E-state index in [0.717, 1.165) is 5.56 Å². The highest BCUT2D eigenvalue weighted by molar-refractivity contribution is 7.89. The number of tetrazole rings is 1. The largest absolute Gasteiger partial charge is 0.326 e. The van der Waals surface area contributed by atoms with E-state index in [0.29, 0.717) is 17.8 Å². The van der Waals surface area contributed by atoms with E-state index in [1.54, 1.807) is 50.2 Å². The number of carbonyl (C=O) groups is 1. The molecule has 0 saturated heterocycles. The molecule has 1 amide bonds. The Bertz CT molecular complexity index is 1050. The van der Waals surface area contributed by atoms with Crippen molar-refractivity contribution in [3.05, 3.63) is 60.4 Å². The first kappa shape index (κ1) is 19.6. The topological polar surface area (TPSA) is 119 Å². The number of sulfonamides is 1. The van der Waals surface area contributed by atoms with E-state index in [4.69, 9.17) is 0 Å². The molecule has 0 radical (unpaired) electrons. The van der Waals surface area contributed by atoms with Crippen molar-refractivity contribution in [2.45, 2.75) is 31.2 Å². The Morgan fingerprint density at radius 2 is 1.93 bits per heavy atom. The maximum atomic E-state index is 12.8. The molecule has 0 fully saturated rings. The van der Waals surface area contributed by atoms with Crippen LogP contribution in [0.25, 0.3) is 5.69 Å². The molecule has 2 N–H and O–H groups in total. The van der Waals surface area contributed by atoms with Crippen molar-refractivity contribution in [2.24, 2.45) is 0 Å². The Morgan fingerprint density at radius 3 is 2.57 bits per heavy atom. The number of hydrogen-bond donors (Lipinski definition) is 2. The molecule has 28 heavy (non-hydrogen) atoms. The quantitative estimate of drug-likeness (QED) is 0.626. The molecule has 0 saturated carbocycles. The first-order chi connectivity index (χ1) is 13.4. The zero-order chi connectivity index (χ0) is 20.1. The molecular formula is C18H20N6O3S. The third kappa shape index (κ3) is 4.59. The highest BCUT2D eigenvalue weighted by Crippen LogP contribution is 2.20. The van der Waals surface area contributed by atoms with Crippen LogP contribution in [0.4, 0.5) is 5.69 Å². The SMILES string of the molecule is CCC(=O)Nc1ccc(C(C)NS(=O)(=O)c2cccc(-n3cnnn3)c2)cc1. The number of nitrogens with one attached hydrogen (secondary N) is 2. The summed E-state index contributed by atoms with van der Waals surface area (Å²) in [7, 11) is -3.76. The normalized spacial score (nSPS) is 12.5. The molecule has 3 rings (SSSR count). The lowest BCUT2D eigenvalue weighted by molar-refractivity contribution is -0.115. The Kier molecular flexibility index (Phi) is 5.81. The van der Waals surface area contributed by atoms with Crippen molar-refractivity contribution in [2.75, 3.05) is 5.32 Å². The first-order valence-electron chi connectivity index (χ1n) is 8.64. The fourth-order valence-electron chi connectivity index (χ4n) is 2.55. The summed E-state index contributed by atoms with van der Waals surface area (Å²) in [6.07, 6.45) is 1.78. The summed E-state index contributed by atoms with van der Waals surface area (Å²) in [5, 5.41) is 13.6. The van der Waals surface area contributed by atoms with Crippen LogP contribution in [-0.2, 0) is 14.8 Å². The van der Waals surface area contributed by atoms with Crippen LogP contribution in [0, 0.1) is 0 Å². The number of nitrogens with zero attached hydrogens (tertiary/aromatic N) is 4. The maximum Gasteiger partial charge on any atom is 0.241 e. The number of anilines is 1. The lowest BCUT2D eigenvalue weighted by atomic mass is 10.1. The van der Waals surface area contributed by atoms with Crippen LogP contribution in [0.3, 0.4) is 0 Å². The molecule has 0 aliphatic carbocycles. The summed E-state index contributed by atoms with van der Waals surface area (Å²) in [4.78, 5) is 11.6. The predicted molar refractivity (Wildman–Crippen MR) is 103 cm³/mol. The van der Waals surface area contributed by atoms with E-state index in [-0.39, 0.29) is 10.8 Å². The highest BCUT2D eigenvalue weighted by atomic mass is 32.2. The van der Waals surface area contributed by atoms with Gasteiger partial charge in [0.05, 0.1) is 10.6 Å². The molecule has 2 aromatic carbocycles. The summed E-state index contributed by atoms with van der Waals surface area (Å²) in [6.45, 7) is 3.53. The van der Waals surface area contributed by atoms with E-state index in [1.807, 2.05) is 0 Å². The van der Waals surface area contributed by atoms with Gasteiger partial charge in [-0.3, -0.25) is 4.79 Å². The second-order valence-corrected chi connectivity index (χ2v) is 7.83. The Labute approximate surface area is 162 Å². The van der Waals surface area contributed by atoms with Gasteiger partial charge in [-0.2, -0.15) is 0 Å². The Balaban J connectivity index is 1.75. The molecule has 0 aliphatic rings. The zero-order valence-corrected chi connectivity index (χ0v) is 16.2. The third-order valence-corrected chi connectivity index (χ3v) is 5.63. The minimum atomic E-state index is -3.76. The van der Waals surface area contributed by atoms with Crippen LogP contribution in [0.2, 0.25) is 0 Å². The van der Waals surface area contributed by atoms with Crippen molar-refractivity contribution < 1.29 is 13.2 Å². The molecule has 1 unspecified atom stereocenters. The maximum absolute atomic E-state index is 12.8. The minimum absolute atomic E-state index is 0.0797. The average Bonchev–Trinajstić information content (AvgIpc) is 3.23. The van der Waals surface area contributed by atoms with Gasteiger partial charge in [-0.05, 0) is 53.2 Å². The number of aromatic nitrogens is 4. The van der Waals surface area contributed by atoms with Crippen molar-refractivity contribution >= 4 is 21.6 Å². The van der Waals surface area contributed by atoms with Gasteiger partial charge in [-0.15, -0.1) is 5.10 Å². The molecule has 1 atom stereocenters. The van der Waals surface area contributed by atoms with E-state index >= 15 is 0 Å². The second kappa shape index (κ2) is 8.28. The Morgan fingerprint density at radius 1 is 1.18 bits per heavy atom. The Hall–Kier alpha value is -3.11. The summed E-state index contributed by atoms with van der Waals surface area (Å²) in [5.41, 5.74) is 1.98. The van der Waals surface area contributed by atoms with Crippen LogP contribution in [-0.4, -0.2) is 34.5 Å². The molecule has 146 valence electrons. The van der Waals surface area contributed by atoms with Crippen LogP contribution >= 0.6 is 0 Å². The van der Waals surface area contributed by atoms with Gasteiger partial charge in [0, 0.05) is 18.2 Å². The molecule has 3 aromatic rings. The van der Waals surface area contributed by atoms with Crippen LogP contribution in [0.15, 0.2) is 59.8 Å². The van der Waals surface area contributed by atoms with Gasteiger partial charge < -0.3 is 5.32 Å². The van der Waals surface area contributed by atoms with Crippen molar-refractivity contribution in [3.63, 3.8) is 0 Å². The van der Waals surface area contributed by atoms with E-state index < -0.39 is 16.1 Å². The van der Waals surface area contributed by atoms with Gasteiger partial charge in [0.15, 0.2) is 0 Å². The predicted octanol–water partition coefficient (Wildman–Crippen LogP) is 2.05. The first-order valence-corrected chi connectivity index (χ1v) is 10.1. The second-order valence-electron chi connectivity index (χ2n) is 6.12. The van der Waals surface area contributed by atoms with Gasteiger partial charge in [0.25, 0.3) is 0 Å². The molecular weight excluding hydrogens is 380 g/mol. The van der Waals surface area contributed by atoms with Crippen LogP contribution < -0.4 is 10.0 Å². The molecule has 1 aromatic heterocycles. The van der Waals surface area contributed by atoms with E-state index in [1.165, 1.54) is 23.1 Å². The smallest absolute Gasteiger partial charge is 0.241 e. The average molecular weight is 400 g/mol. The van der Waals surface area contributed by atoms with Gasteiger partial charge >= 0.3 is 0 Å². The van der Waals surface area contributed by atoms with Gasteiger partial charge in [0.2, 0.25) is 15.9 Å². The lowest BCUT2D eigenvalue weighted by Gasteiger charge is -2.16. The molecule has 0 aliphatic heterocycles. The monoisotopic (exact) mass is 400 g/mol. The molecule has 1 heterocycles. The standard InChI is InChI=1S/C18H20N6O3S/c1-3-18(25)20-15-9-7-14(8-10-15)13(2)21-28(26,27)17-6-4-5-16(11-17)24-12-19-22-23-24/h4-13,21H,3H2,1-2H3,(H,20,25). The number of carbonyl (C=O) groups excluding carboxylic acids is 1. The minimum Gasteiger partial charge on any atom is -0.326 e. The third-order valence-electron chi connectivity index (χ3n) is 4.09. The molecule has 0 bridgehead atoms. The summed E-state index contributed by atoms with van der Waals surface area (Å²) < 4.78 is 29.6. The van der Waals surface area contributed by atoms with Crippen LogP contribution in [0.5, 0.6) is 0 Å². The molecule has 10 heteroatoms. The number of benzene rings is 2. The zero-order valence-electron chi connectivity index (χ0n) is 15.4. The van der Waals surface area contributed by atoms with Gasteiger partial charge in [0.1, 0.15) is 6.33 Å². The van der Waals surface area contributed by atoms with Gasteiger partial charge in [-0.1, -0.05) is 25.1 Å². The fourth-order valence-corrected chi connectivity index (χ4v) is 3.82. The van der Waals surface area contributed by atoms with E-state index in [2.05, 4.69) is 25.6 Å². The number of rotatable bonds is 7. The van der Waals surface area contributed by atoms with E-state index in [9.17, 15) is 13.2 Å². The highest BCUT2D eigenvalue weighted by Gasteiger charge is 2.19. The van der Waals surface area contributed by atoms with Crippen molar-refractivity contribution in [3.8, 4) is 5.69 Å². The number of hydrogen-bond acceptors (Lipinski definition) is 6.